The smallest absolute Gasteiger partial charge is 0.230 e. The monoisotopic (exact) mass is 419 g/mol. The van der Waals surface area contributed by atoms with Crippen LogP contribution in [0.4, 0.5) is 0 Å². The second-order valence-corrected chi connectivity index (χ2v) is 7.49. The van der Waals surface area contributed by atoms with Gasteiger partial charge < -0.3 is 14.5 Å². The SMILES string of the molecule is COc1cc2nc(Cc3nnc(CC(=O)NCC#N)o3)sc2cc1-c1ccccc1. The Balaban J connectivity index is 1.55. The second-order valence-electron chi connectivity index (χ2n) is 6.37. The number of hydrogen-bond acceptors (Lipinski definition) is 8. The van der Waals surface area contributed by atoms with E-state index < -0.39 is 0 Å². The first kappa shape index (κ1) is 19.5. The van der Waals surface area contributed by atoms with Crippen LogP contribution in [0.1, 0.15) is 16.8 Å². The maximum Gasteiger partial charge on any atom is 0.230 e. The summed E-state index contributed by atoms with van der Waals surface area (Å²) in [5.41, 5.74) is 2.91. The first-order valence-corrected chi connectivity index (χ1v) is 9.95. The van der Waals surface area contributed by atoms with Crippen molar-refractivity contribution in [2.45, 2.75) is 12.8 Å². The number of ether oxygens (including phenoxy) is 1. The molecule has 1 amide bonds. The number of methoxy groups -OCH3 is 1. The van der Waals surface area contributed by atoms with Crippen molar-refractivity contribution in [3.8, 4) is 22.9 Å². The van der Waals surface area contributed by atoms with Crippen LogP contribution in [-0.2, 0) is 17.6 Å². The Morgan fingerprint density at radius 2 is 2.03 bits per heavy atom. The van der Waals surface area contributed by atoms with Gasteiger partial charge in [0.25, 0.3) is 0 Å². The number of fused-ring (bicyclic) bond motifs is 1. The highest BCUT2D eigenvalue weighted by molar-refractivity contribution is 7.18. The van der Waals surface area contributed by atoms with Crippen LogP contribution < -0.4 is 10.1 Å². The first-order valence-electron chi connectivity index (χ1n) is 9.14. The molecule has 0 aliphatic rings. The van der Waals surface area contributed by atoms with Crippen LogP contribution in [0.2, 0.25) is 0 Å². The predicted octanol–water partition coefficient (Wildman–Crippen LogP) is 3.13. The molecule has 30 heavy (non-hydrogen) atoms. The van der Waals surface area contributed by atoms with Crippen LogP contribution in [0, 0.1) is 11.3 Å². The predicted molar refractivity (Wildman–Crippen MR) is 111 cm³/mol. The van der Waals surface area contributed by atoms with Gasteiger partial charge in [-0.15, -0.1) is 21.5 Å². The van der Waals surface area contributed by atoms with Crippen LogP contribution in [0.25, 0.3) is 21.3 Å². The highest BCUT2D eigenvalue weighted by Crippen LogP contribution is 2.36. The molecule has 8 nitrogen and oxygen atoms in total. The molecule has 2 aromatic carbocycles. The number of nitrogens with zero attached hydrogens (tertiary/aromatic N) is 4. The molecule has 0 saturated heterocycles. The summed E-state index contributed by atoms with van der Waals surface area (Å²) in [4.78, 5) is 16.3. The van der Waals surface area contributed by atoms with Gasteiger partial charge in [0, 0.05) is 11.6 Å². The third kappa shape index (κ3) is 4.29. The zero-order chi connectivity index (χ0) is 20.9. The van der Waals surface area contributed by atoms with Crippen molar-refractivity contribution in [1.29, 1.82) is 5.26 Å². The molecule has 0 radical (unpaired) electrons. The molecule has 2 aromatic heterocycles. The average Bonchev–Trinajstić information content (AvgIpc) is 3.37. The summed E-state index contributed by atoms with van der Waals surface area (Å²) in [5.74, 6) is 1.00. The van der Waals surface area contributed by atoms with Crippen molar-refractivity contribution in [3.05, 3.63) is 59.3 Å². The van der Waals surface area contributed by atoms with Gasteiger partial charge in [-0.1, -0.05) is 30.3 Å². The fourth-order valence-electron chi connectivity index (χ4n) is 2.99. The lowest BCUT2D eigenvalue weighted by atomic mass is 10.0. The summed E-state index contributed by atoms with van der Waals surface area (Å²) in [6.45, 7) is -0.0556. The van der Waals surface area contributed by atoms with Gasteiger partial charge in [-0.25, -0.2) is 4.98 Å². The minimum Gasteiger partial charge on any atom is -0.496 e. The number of rotatable bonds is 7. The van der Waals surface area contributed by atoms with Crippen molar-refractivity contribution >= 4 is 27.5 Å². The van der Waals surface area contributed by atoms with Gasteiger partial charge in [-0.2, -0.15) is 5.26 Å². The minimum absolute atomic E-state index is 0.0556. The lowest BCUT2D eigenvalue weighted by molar-refractivity contribution is -0.120. The maximum absolute atomic E-state index is 11.7. The molecule has 0 atom stereocenters. The average molecular weight is 419 g/mol. The number of hydrogen-bond donors (Lipinski definition) is 1. The maximum atomic E-state index is 11.7. The lowest BCUT2D eigenvalue weighted by Gasteiger charge is -2.08. The molecule has 1 N–H and O–H groups in total. The largest absolute Gasteiger partial charge is 0.496 e. The van der Waals surface area contributed by atoms with E-state index in [-0.39, 0.29) is 24.8 Å². The van der Waals surface area contributed by atoms with Gasteiger partial charge in [-0.05, 0) is 11.6 Å². The van der Waals surface area contributed by atoms with E-state index in [1.54, 1.807) is 18.4 Å². The Bertz CT molecular complexity index is 1230. The Morgan fingerprint density at radius 1 is 1.23 bits per heavy atom. The molecule has 0 aliphatic heterocycles. The molecular weight excluding hydrogens is 402 g/mol. The van der Waals surface area contributed by atoms with Gasteiger partial charge in [0.15, 0.2) is 0 Å². The fourth-order valence-corrected chi connectivity index (χ4v) is 3.97. The normalized spacial score (nSPS) is 10.7. The van der Waals surface area contributed by atoms with E-state index in [4.69, 9.17) is 14.4 Å². The van der Waals surface area contributed by atoms with Gasteiger partial charge in [0.1, 0.15) is 23.7 Å². The third-order valence-corrected chi connectivity index (χ3v) is 5.34. The Morgan fingerprint density at radius 3 is 2.80 bits per heavy atom. The van der Waals surface area contributed by atoms with E-state index >= 15 is 0 Å². The summed E-state index contributed by atoms with van der Waals surface area (Å²) in [7, 11) is 1.65. The number of thiazole rings is 1. The van der Waals surface area contributed by atoms with Gasteiger partial charge >= 0.3 is 0 Å². The van der Waals surface area contributed by atoms with Crippen LogP contribution >= 0.6 is 11.3 Å². The summed E-state index contributed by atoms with van der Waals surface area (Å²) in [6.07, 6.45) is 0.307. The number of carbonyl (C=O) groups is 1. The third-order valence-electron chi connectivity index (χ3n) is 4.33. The number of aromatic nitrogens is 3. The van der Waals surface area contributed by atoms with Crippen LogP contribution in [-0.4, -0.2) is 34.7 Å². The van der Waals surface area contributed by atoms with E-state index in [2.05, 4.69) is 26.6 Å². The molecule has 9 heteroatoms. The second kappa shape index (κ2) is 8.71. The number of amides is 1. The standard InChI is InChI=1S/C21H17N5O3S/c1-28-16-10-15-17(9-14(16)13-5-3-2-4-6-13)30-21(24-15)12-20-26-25-19(29-20)11-18(27)23-8-7-22/h2-6,9-10H,8,11-12H2,1H3,(H,23,27). The van der Waals surface area contributed by atoms with Gasteiger partial charge in [0.05, 0.1) is 29.8 Å². The van der Waals surface area contributed by atoms with E-state index in [1.807, 2.05) is 42.5 Å². The molecule has 150 valence electrons. The van der Waals surface area contributed by atoms with E-state index in [1.165, 1.54) is 0 Å². The van der Waals surface area contributed by atoms with Crippen molar-refractivity contribution in [3.63, 3.8) is 0 Å². The number of benzene rings is 2. The van der Waals surface area contributed by atoms with E-state index in [0.29, 0.717) is 12.3 Å². The van der Waals surface area contributed by atoms with Gasteiger partial charge in [-0.3, -0.25) is 4.79 Å². The Labute approximate surface area is 176 Å². The van der Waals surface area contributed by atoms with E-state index in [9.17, 15) is 4.79 Å². The minimum atomic E-state index is -0.340. The van der Waals surface area contributed by atoms with Crippen molar-refractivity contribution in [2.24, 2.45) is 0 Å². The van der Waals surface area contributed by atoms with Crippen molar-refractivity contribution in [1.82, 2.24) is 20.5 Å². The van der Waals surface area contributed by atoms with Crippen LogP contribution in [0.5, 0.6) is 5.75 Å². The van der Waals surface area contributed by atoms with Gasteiger partial charge in [0.2, 0.25) is 17.7 Å². The Hall–Kier alpha value is -3.77. The molecule has 0 bridgehead atoms. The van der Waals surface area contributed by atoms with Crippen LogP contribution in [0.15, 0.2) is 46.9 Å². The molecule has 0 spiro atoms. The van der Waals surface area contributed by atoms with Crippen molar-refractivity contribution in [2.75, 3.05) is 13.7 Å². The fraction of sp³-hybridized carbons (Fsp3) is 0.190. The zero-order valence-electron chi connectivity index (χ0n) is 16.1. The number of nitriles is 1. The quantitative estimate of drug-likeness (QED) is 0.458. The highest BCUT2D eigenvalue weighted by Gasteiger charge is 2.15. The molecular formula is C21H17N5O3S. The molecule has 4 aromatic rings. The molecule has 0 aliphatic carbocycles. The molecule has 0 fully saturated rings. The highest BCUT2D eigenvalue weighted by atomic mass is 32.1. The molecule has 0 saturated carbocycles. The van der Waals surface area contributed by atoms with Crippen molar-refractivity contribution < 1.29 is 13.9 Å². The topological polar surface area (TPSA) is 114 Å². The lowest BCUT2D eigenvalue weighted by Crippen LogP contribution is -2.25. The summed E-state index contributed by atoms with van der Waals surface area (Å²) in [5, 5.41) is 19.6. The Kier molecular flexibility index (Phi) is 5.68. The van der Waals surface area contributed by atoms with Crippen LogP contribution in [0.3, 0.4) is 0 Å². The number of nitrogens with one attached hydrogen (secondary N) is 1. The summed E-state index contributed by atoms with van der Waals surface area (Å²) >= 11 is 1.54. The molecule has 2 heterocycles. The molecule has 4 rings (SSSR count). The van der Waals surface area contributed by atoms with E-state index in [0.717, 1.165) is 32.1 Å². The first-order chi connectivity index (χ1) is 14.7. The summed E-state index contributed by atoms with van der Waals surface area (Å²) < 4.78 is 12.1. The number of carbonyl (C=O) groups excluding carboxylic acids is 1. The summed E-state index contributed by atoms with van der Waals surface area (Å²) in [6, 6.07) is 15.9. The zero-order valence-corrected chi connectivity index (χ0v) is 16.9. The molecule has 0 unspecified atom stereocenters.